The van der Waals surface area contributed by atoms with Crippen molar-refractivity contribution in [3.63, 3.8) is 0 Å². The van der Waals surface area contributed by atoms with Gasteiger partial charge in [-0.1, -0.05) is 37.2 Å². The molecule has 1 aliphatic heterocycles. The van der Waals surface area contributed by atoms with Gasteiger partial charge in [0.25, 0.3) is 0 Å². The van der Waals surface area contributed by atoms with Gasteiger partial charge < -0.3 is 15.0 Å². The number of carbonyl (C=O) groups is 1. The highest BCUT2D eigenvalue weighted by atomic mass is 32.2. The van der Waals surface area contributed by atoms with Gasteiger partial charge in [-0.3, -0.25) is 4.79 Å². The molecule has 1 aromatic carbocycles. The number of tetrazole rings is 1. The maximum atomic E-state index is 12.4. The van der Waals surface area contributed by atoms with E-state index in [1.54, 1.807) is 4.68 Å². The van der Waals surface area contributed by atoms with Gasteiger partial charge >= 0.3 is 0 Å². The van der Waals surface area contributed by atoms with E-state index in [1.165, 1.54) is 11.8 Å². The Bertz CT molecular complexity index is 717. The number of nitrogens with zero attached hydrogens (tertiary/aromatic N) is 5. The number of hydrogen-bond donors (Lipinski definition) is 1. The van der Waals surface area contributed by atoms with Crippen molar-refractivity contribution in [3.8, 4) is 0 Å². The summed E-state index contributed by atoms with van der Waals surface area (Å²) in [6.07, 6.45) is 2.08. The van der Waals surface area contributed by atoms with Gasteiger partial charge in [0.1, 0.15) is 0 Å². The molecule has 0 atom stereocenters. The van der Waals surface area contributed by atoms with Crippen LogP contribution in [0.15, 0.2) is 29.4 Å². The van der Waals surface area contributed by atoms with Crippen molar-refractivity contribution in [2.45, 2.75) is 31.5 Å². The van der Waals surface area contributed by atoms with E-state index in [4.69, 9.17) is 4.74 Å². The molecule has 9 heteroatoms. The largest absolute Gasteiger partial charge is 0.378 e. The molecule has 0 aliphatic carbocycles. The first-order chi connectivity index (χ1) is 12.8. The van der Waals surface area contributed by atoms with Gasteiger partial charge in [-0.05, 0) is 29.0 Å². The number of para-hydroxylation sites is 2. The molecule has 1 amide bonds. The van der Waals surface area contributed by atoms with E-state index in [0.29, 0.717) is 18.4 Å². The zero-order valence-corrected chi connectivity index (χ0v) is 15.7. The van der Waals surface area contributed by atoms with E-state index >= 15 is 0 Å². The van der Waals surface area contributed by atoms with Crippen LogP contribution in [-0.4, -0.2) is 58.2 Å². The number of rotatable bonds is 8. The summed E-state index contributed by atoms with van der Waals surface area (Å²) in [7, 11) is 0. The number of thioether (sulfide) groups is 1. The van der Waals surface area contributed by atoms with Gasteiger partial charge in [0.2, 0.25) is 11.1 Å². The lowest BCUT2D eigenvalue weighted by Crippen LogP contribution is -2.36. The van der Waals surface area contributed by atoms with Crippen LogP contribution in [0.4, 0.5) is 11.4 Å². The third-order valence-electron chi connectivity index (χ3n) is 4.08. The molecule has 1 fully saturated rings. The number of aryl methyl sites for hydroxylation is 1. The second-order valence-corrected chi connectivity index (χ2v) is 6.93. The lowest BCUT2D eigenvalue weighted by Gasteiger charge is -2.30. The average Bonchev–Trinajstić information content (AvgIpc) is 3.13. The van der Waals surface area contributed by atoms with Crippen LogP contribution in [0, 0.1) is 0 Å². The van der Waals surface area contributed by atoms with Gasteiger partial charge in [0.05, 0.1) is 30.3 Å². The summed E-state index contributed by atoms with van der Waals surface area (Å²) in [5, 5.41) is 15.4. The Morgan fingerprint density at radius 3 is 2.92 bits per heavy atom. The number of ether oxygens (including phenoxy) is 1. The molecule has 1 saturated heterocycles. The van der Waals surface area contributed by atoms with Crippen LogP contribution in [0.1, 0.15) is 19.8 Å². The number of amides is 1. The summed E-state index contributed by atoms with van der Waals surface area (Å²) in [6.45, 7) is 5.96. The van der Waals surface area contributed by atoms with Crippen LogP contribution in [0.5, 0.6) is 0 Å². The quantitative estimate of drug-likeness (QED) is 0.706. The first-order valence-corrected chi connectivity index (χ1v) is 9.87. The Balaban J connectivity index is 1.58. The topological polar surface area (TPSA) is 85.2 Å². The summed E-state index contributed by atoms with van der Waals surface area (Å²) < 4.78 is 7.16. The van der Waals surface area contributed by atoms with Gasteiger partial charge in [-0.25, -0.2) is 4.68 Å². The van der Waals surface area contributed by atoms with Crippen molar-refractivity contribution in [1.29, 1.82) is 0 Å². The van der Waals surface area contributed by atoms with Gasteiger partial charge in [-0.15, -0.1) is 5.10 Å². The van der Waals surface area contributed by atoms with Gasteiger partial charge in [0, 0.05) is 19.6 Å². The SMILES string of the molecule is CCCCn1nnnc1SCC(=O)Nc1ccccc1N1CCOCC1. The van der Waals surface area contributed by atoms with Crippen molar-refractivity contribution < 1.29 is 9.53 Å². The number of carbonyl (C=O) groups excluding carboxylic acids is 1. The second-order valence-electron chi connectivity index (χ2n) is 5.99. The van der Waals surface area contributed by atoms with Crippen LogP contribution in [0.25, 0.3) is 0 Å². The summed E-state index contributed by atoms with van der Waals surface area (Å²) >= 11 is 1.35. The lowest BCUT2D eigenvalue weighted by atomic mass is 10.2. The molecule has 3 rings (SSSR count). The van der Waals surface area contributed by atoms with Crippen LogP contribution in [0.2, 0.25) is 0 Å². The summed E-state index contributed by atoms with van der Waals surface area (Å²) in [6, 6.07) is 7.87. The number of aromatic nitrogens is 4. The van der Waals surface area contributed by atoms with Crippen LogP contribution >= 0.6 is 11.8 Å². The maximum absolute atomic E-state index is 12.4. The fourth-order valence-corrected chi connectivity index (χ4v) is 3.43. The molecular weight excluding hydrogens is 352 g/mol. The first kappa shape index (κ1) is 18.7. The highest BCUT2D eigenvalue weighted by molar-refractivity contribution is 7.99. The van der Waals surface area contributed by atoms with E-state index < -0.39 is 0 Å². The third-order valence-corrected chi connectivity index (χ3v) is 5.04. The van der Waals surface area contributed by atoms with E-state index in [0.717, 1.165) is 43.9 Å². The fourth-order valence-electron chi connectivity index (χ4n) is 2.72. The summed E-state index contributed by atoms with van der Waals surface area (Å²) in [4.78, 5) is 14.6. The predicted molar refractivity (Wildman–Crippen MR) is 102 cm³/mol. The molecular formula is C17H24N6O2S. The second kappa shape index (κ2) is 9.54. The number of morpholine rings is 1. The van der Waals surface area contributed by atoms with Crippen molar-refractivity contribution >= 4 is 29.0 Å². The lowest BCUT2D eigenvalue weighted by molar-refractivity contribution is -0.113. The number of hydrogen-bond acceptors (Lipinski definition) is 7. The molecule has 8 nitrogen and oxygen atoms in total. The first-order valence-electron chi connectivity index (χ1n) is 8.88. The van der Waals surface area contributed by atoms with Crippen molar-refractivity contribution in [2.24, 2.45) is 0 Å². The smallest absolute Gasteiger partial charge is 0.234 e. The number of anilines is 2. The third kappa shape index (κ3) is 4.95. The fraction of sp³-hybridized carbons (Fsp3) is 0.529. The normalized spacial score (nSPS) is 14.4. The average molecular weight is 376 g/mol. The minimum absolute atomic E-state index is 0.0687. The van der Waals surface area contributed by atoms with E-state index in [2.05, 4.69) is 32.7 Å². The van der Waals surface area contributed by atoms with Crippen LogP contribution in [0.3, 0.4) is 0 Å². The van der Waals surface area contributed by atoms with Gasteiger partial charge in [-0.2, -0.15) is 0 Å². The Morgan fingerprint density at radius 2 is 2.12 bits per heavy atom. The summed E-state index contributed by atoms with van der Waals surface area (Å²) in [5.41, 5.74) is 1.85. The number of nitrogens with one attached hydrogen (secondary N) is 1. The molecule has 0 unspecified atom stereocenters. The van der Waals surface area contributed by atoms with E-state index in [-0.39, 0.29) is 11.7 Å². The Kier molecular flexibility index (Phi) is 6.84. The molecule has 1 aliphatic rings. The molecule has 2 heterocycles. The Morgan fingerprint density at radius 1 is 1.31 bits per heavy atom. The molecule has 0 radical (unpaired) electrons. The van der Waals surface area contributed by atoms with E-state index in [1.807, 2.05) is 24.3 Å². The molecule has 0 bridgehead atoms. The highest BCUT2D eigenvalue weighted by Crippen LogP contribution is 2.26. The van der Waals surface area contributed by atoms with Crippen LogP contribution in [-0.2, 0) is 16.1 Å². The number of benzene rings is 1. The number of unbranched alkanes of at least 4 members (excludes halogenated alkanes) is 1. The molecule has 26 heavy (non-hydrogen) atoms. The molecule has 2 aromatic rings. The predicted octanol–water partition coefficient (Wildman–Crippen LogP) is 2.04. The molecule has 0 saturated carbocycles. The van der Waals surface area contributed by atoms with Crippen molar-refractivity contribution in [2.75, 3.05) is 42.3 Å². The molecule has 1 N–H and O–H groups in total. The molecule has 1 aromatic heterocycles. The highest BCUT2D eigenvalue weighted by Gasteiger charge is 2.16. The zero-order chi connectivity index (χ0) is 18.2. The Hall–Kier alpha value is -2.13. The molecule has 140 valence electrons. The van der Waals surface area contributed by atoms with Gasteiger partial charge in [0.15, 0.2) is 0 Å². The maximum Gasteiger partial charge on any atom is 0.234 e. The molecule has 0 spiro atoms. The summed E-state index contributed by atoms with van der Waals surface area (Å²) in [5.74, 6) is 0.199. The Labute approximate surface area is 157 Å². The minimum Gasteiger partial charge on any atom is -0.378 e. The zero-order valence-electron chi connectivity index (χ0n) is 14.9. The van der Waals surface area contributed by atoms with Crippen molar-refractivity contribution in [3.05, 3.63) is 24.3 Å². The van der Waals surface area contributed by atoms with Crippen molar-refractivity contribution in [1.82, 2.24) is 20.2 Å². The standard InChI is InChI=1S/C17H24N6O2S/c1-2-3-8-23-17(19-20-21-23)26-13-16(24)18-14-6-4-5-7-15(14)22-9-11-25-12-10-22/h4-7H,2-3,8-13H2,1H3,(H,18,24). The van der Waals surface area contributed by atoms with E-state index in [9.17, 15) is 4.79 Å². The van der Waals surface area contributed by atoms with Crippen LogP contribution < -0.4 is 10.2 Å². The minimum atomic E-state index is -0.0687. The monoisotopic (exact) mass is 376 g/mol.